The number of imide groups is 1. The number of carbonyl (C=O) groups is 2. The molecule has 0 unspecified atom stereocenters. The van der Waals surface area contributed by atoms with Crippen LogP contribution >= 0.6 is 0 Å². The molecule has 0 saturated carbocycles. The van der Waals surface area contributed by atoms with Gasteiger partial charge in [0.2, 0.25) is 6.08 Å². The number of aliphatic imine (C=N–C) groups is 1. The third kappa shape index (κ3) is 1.49. The lowest BCUT2D eigenvalue weighted by Gasteiger charge is -2.09. The minimum absolute atomic E-state index is 0.234. The Bertz CT molecular complexity index is 364. The molecule has 0 fully saturated rings. The van der Waals surface area contributed by atoms with E-state index in [0.717, 1.165) is 4.90 Å². The van der Waals surface area contributed by atoms with Crippen molar-refractivity contribution in [3.63, 3.8) is 0 Å². The van der Waals surface area contributed by atoms with Crippen LogP contribution in [-0.4, -0.2) is 29.5 Å². The zero-order chi connectivity index (χ0) is 10.7. The number of isocyanates is 1. The fourth-order valence-corrected chi connectivity index (χ4v) is 1.39. The standard InChI is InChI=1S/C9H10N2O3/c1-3-7-6(2)8(13)11(9(7)14)4-10-5-12/h3-4H2,1-2H3. The van der Waals surface area contributed by atoms with Crippen LogP contribution in [-0.2, 0) is 14.4 Å². The minimum atomic E-state index is -0.370. The fraction of sp³-hybridized carbons (Fsp3) is 0.444. The van der Waals surface area contributed by atoms with Crippen LogP contribution < -0.4 is 0 Å². The molecule has 5 nitrogen and oxygen atoms in total. The van der Waals surface area contributed by atoms with E-state index >= 15 is 0 Å². The Morgan fingerprint density at radius 2 is 2.00 bits per heavy atom. The van der Waals surface area contributed by atoms with Gasteiger partial charge in [0.15, 0.2) is 0 Å². The Morgan fingerprint density at radius 1 is 1.36 bits per heavy atom. The Balaban J connectivity index is 2.93. The molecule has 0 N–H and O–H groups in total. The van der Waals surface area contributed by atoms with Gasteiger partial charge >= 0.3 is 0 Å². The molecule has 0 aromatic heterocycles. The van der Waals surface area contributed by atoms with E-state index in [1.165, 1.54) is 6.08 Å². The van der Waals surface area contributed by atoms with Crippen LogP contribution in [0.3, 0.4) is 0 Å². The fourth-order valence-electron chi connectivity index (χ4n) is 1.39. The number of rotatable bonds is 3. The molecule has 0 saturated heterocycles. The second-order valence-electron chi connectivity index (χ2n) is 2.89. The van der Waals surface area contributed by atoms with E-state index in [9.17, 15) is 14.4 Å². The molecule has 14 heavy (non-hydrogen) atoms. The Kier molecular flexibility index (Phi) is 2.94. The Morgan fingerprint density at radius 3 is 2.43 bits per heavy atom. The van der Waals surface area contributed by atoms with Crippen LogP contribution in [0.2, 0.25) is 0 Å². The van der Waals surface area contributed by atoms with Gasteiger partial charge in [-0.2, -0.15) is 4.99 Å². The molecule has 0 aromatic rings. The molecular weight excluding hydrogens is 184 g/mol. The zero-order valence-corrected chi connectivity index (χ0v) is 8.03. The van der Waals surface area contributed by atoms with Gasteiger partial charge in [0.25, 0.3) is 11.8 Å². The van der Waals surface area contributed by atoms with Crippen molar-refractivity contribution in [1.29, 1.82) is 0 Å². The van der Waals surface area contributed by atoms with Crippen molar-refractivity contribution in [1.82, 2.24) is 4.90 Å². The van der Waals surface area contributed by atoms with Crippen molar-refractivity contribution in [2.45, 2.75) is 20.3 Å². The van der Waals surface area contributed by atoms with Gasteiger partial charge in [-0.1, -0.05) is 6.92 Å². The Hall–Kier alpha value is -1.74. The molecule has 0 aromatic carbocycles. The minimum Gasteiger partial charge on any atom is -0.269 e. The maximum Gasteiger partial charge on any atom is 0.258 e. The first-order valence-corrected chi connectivity index (χ1v) is 4.23. The molecule has 74 valence electrons. The largest absolute Gasteiger partial charge is 0.269 e. The van der Waals surface area contributed by atoms with E-state index in [0.29, 0.717) is 17.6 Å². The molecule has 0 spiro atoms. The summed E-state index contributed by atoms with van der Waals surface area (Å²) in [5.74, 6) is -0.722. The average molecular weight is 194 g/mol. The van der Waals surface area contributed by atoms with Crippen LogP contribution in [0, 0.1) is 0 Å². The normalized spacial score (nSPS) is 16.3. The van der Waals surface area contributed by atoms with E-state index < -0.39 is 0 Å². The summed E-state index contributed by atoms with van der Waals surface area (Å²) in [5, 5.41) is 0. The first-order chi connectivity index (χ1) is 6.63. The lowest BCUT2D eigenvalue weighted by Crippen LogP contribution is -2.31. The smallest absolute Gasteiger partial charge is 0.258 e. The predicted octanol–water partition coefficient (Wildman–Crippen LogP) is 0.375. The molecule has 0 radical (unpaired) electrons. The predicted molar refractivity (Wildman–Crippen MR) is 47.8 cm³/mol. The third-order valence-electron chi connectivity index (χ3n) is 2.15. The second kappa shape index (κ2) is 3.98. The van der Waals surface area contributed by atoms with Crippen LogP contribution in [0.5, 0.6) is 0 Å². The summed E-state index contributed by atoms with van der Waals surface area (Å²) in [6.45, 7) is 3.17. The summed E-state index contributed by atoms with van der Waals surface area (Å²) in [6, 6.07) is 0. The Labute approximate surface area is 81.1 Å². The molecule has 1 heterocycles. The summed E-state index contributed by atoms with van der Waals surface area (Å²) in [6.07, 6.45) is 1.81. The van der Waals surface area contributed by atoms with Gasteiger partial charge in [0.1, 0.15) is 6.67 Å². The quantitative estimate of drug-likeness (QED) is 0.370. The zero-order valence-electron chi connectivity index (χ0n) is 8.03. The highest BCUT2D eigenvalue weighted by molar-refractivity contribution is 6.18. The number of carbonyl (C=O) groups excluding carboxylic acids is 3. The van der Waals surface area contributed by atoms with Gasteiger partial charge in [0.05, 0.1) is 0 Å². The number of nitrogens with zero attached hydrogens (tertiary/aromatic N) is 2. The molecule has 1 aliphatic rings. The second-order valence-corrected chi connectivity index (χ2v) is 2.89. The maximum absolute atomic E-state index is 11.5. The van der Waals surface area contributed by atoms with Gasteiger partial charge < -0.3 is 0 Å². The molecule has 2 amide bonds. The van der Waals surface area contributed by atoms with E-state index in [-0.39, 0.29) is 18.5 Å². The SMILES string of the molecule is CCC1=C(C)C(=O)N(CN=C=O)C1=O. The molecule has 1 rings (SSSR count). The molecule has 0 aliphatic carbocycles. The van der Waals surface area contributed by atoms with Gasteiger partial charge in [0, 0.05) is 11.1 Å². The summed E-state index contributed by atoms with van der Waals surface area (Å²) in [4.78, 5) is 37.0. The van der Waals surface area contributed by atoms with Crippen molar-refractivity contribution in [3.8, 4) is 0 Å². The van der Waals surface area contributed by atoms with Gasteiger partial charge in [-0.25, -0.2) is 4.79 Å². The highest BCUT2D eigenvalue weighted by Gasteiger charge is 2.34. The van der Waals surface area contributed by atoms with E-state index in [2.05, 4.69) is 4.99 Å². The van der Waals surface area contributed by atoms with Crippen LogP contribution in [0.1, 0.15) is 20.3 Å². The van der Waals surface area contributed by atoms with E-state index in [1.54, 1.807) is 13.8 Å². The first-order valence-electron chi connectivity index (χ1n) is 4.23. The number of hydrogen-bond donors (Lipinski definition) is 0. The van der Waals surface area contributed by atoms with Crippen LogP contribution in [0.15, 0.2) is 16.1 Å². The van der Waals surface area contributed by atoms with Gasteiger partial charge in [-0.15, -0.1) is 0 Å². The van der Waals surface area contributed by atoms with Crippen molar-refractivity contribution in [2.24, 2.45) is 4.99 Å². The van der Waals surface area contributed by atoms with E-state index in [1.807, 2.05) is 0 Å². The average Bonchev–Trinajstić information content (AvgIpc) is 2.37. The lowest BCUT2D eigenvalue weighted by molar-refractivity contribution is -0.137. The highest BCUT2D eigenvalue weighted by atomic mass is 16.2. The number of amides is 2. The molecule has 5 heteroatoms. The number of hydrogen-bond acceptors (Lipinski definition) is 4. The molecular formula is C9H10N2O3. The molecule has 1 aliphatic heterocycles. The van der Waals surface area contributed by atoms with Crippen LogP contribution in [0.25, 0.3) is 0 Å². The summed E-state index contributed by atoms with van der Waals surface area (Å²) in [7, 11) is 0. The monoisotopic (exact) mass is 194 g/mol. The van der Waals surface area contributed by atoms with Gasteiger partial charge in [-0.05, 0) is 13.3 Å². The summed E-state index contributed by atoms with van der Waals surface area (Å²) >= 11 is 0. The molecule has 0 atom stereocenters. The van der Waals surface area contributed by atoms with Crippen molar-refractivity contribution >= 4 is 17.9 Å². The topological polar surface area (TPSA) is 66.8 Å². The van der Waals surface area contributed by atoms with Crippen molar-refractivity contribution in [2.75, 3.05) is 6.67 Å². The first kappa shape index (κ1) is 10.3. The lowest BCUT2D eigenvalue weighted by atomic mass is 10.1. The van der Waals surface area contributed by atoms with Crippen molar-refractivity contribution in [3.05, 3.63) is 11.1 Å². The highest BCUT2D eigenvalue weighted by Crippen LogP contribution is 2.22. The molecule has 0 bridgehead atoms. The van der Waals surface area contributed by atoms with Gasteiger partial charge in [-0.3, -0.25) is 14.5 Å². The maximum atomic E-state index is 11.5. The summed E-state index contributed by atoms with van der Waals surface area (Å²) in [5.41, 5.74) is 0.940. The van der Waals surface area contributed by atoms with Crippen LogP contribution in [0.4, 0.5) is 0 Å². The third-order valence-corrected chi connectivity index (χ3v) is 2.15. The van der Waals surface area contributed by atoms with E-state index in [4.69, 9.17) is 0 Å². The van der Waals surface area contributed by atoms with Crippen molar-refractivity contribution < 1.29 is 14.4 Å². The summed E-state index contributed by atoms with van der Waals surface area (Å²) < 4.78 is 0.